The molecule has 6 rings (SSSR count). The molecule has 1 atom stereocenters. The van der Waals surface area contributed by atoms with E-state index in [1.807, 2.05) is 98.8 Å². The summed E-state index contributed by atoms with van der Waals surface area (Å²) in [4.78, 5) is 29.6. The van der Waals surface area contributed by atoms with Gasteiger partial charge in [0, 0.05) is 5.69 Å². The molecule has 0 N–H and O–H groups in total. The minimum absolute atomic E-state index is 0.0679. The van der Waals surface area contributed by atoms with Gasteiger partial charge in [-0.15, -0.1) is 0 Å². The second-order valence-electron chi connectivity index (χ2n) is 10.2. The summed E-state index contributed by atoms with van der Waals surface area (Å²) in [6, 6.07) is 28.1. The minimum Gasteiger partial charge on any atom is -0.490 e. The summed E-state index contributed by atoms with van der Waals surface area (Å²) in [5.41, 5.74) is 5.06. The van der Waals surface area contributed by atoms with Crippen LogP contribution in [0, 0.1) is 6.92 Å². The number of benzene rings is 4. The van der Waals surface area contributed by atoms with Gasteiger partial charge < -0.3 is 13.9 Å². The Balaban J connectivity index is 1.50. The van der Waals surface area contributed by atoms with Crippen LogP contribution in [0.4, 0.5) is 5.69 Å². The molecule has 1 unspecified atom stereocenters. The Kier molecular flexibility index (Phi) is 7.06. The van der Waals surface area contributed by atoms with Crippen LogP contribution in [-0.4, -0.2) is 12.5 Å². The molecule has 206 valence electrons. The van der Waals surface area contributed by atoms with Crippen molar-refractivity contribution in [1.29, 1.82) is 0 Å². The zero-order valence-electron chi connectivity index (χ0n) is 23.3. The van der Waals surface area contributed by atoms with Gasteiger partial charge in [-0.3, -0.25) is 14.5 Å². The van der Waals surface area contributed by atoms with Crippen LogP contribution in [0.25, 0.3) is 11.0 Å². The number of nitrogens with zero attached hydrogens (tertiary/aromatic N) is 1. The fourth-order valence-electron chi connectivity index (χ4n) is 5.38. The van der Waals surface area contributed by atoms with Crippen molar-refractivity contribution < 1.29 is 18.7 Å². The van der Waals surface area contributed by atoms with Gasteiger partial charge in [-0.05, 0) is 73.4 Å². The Hall–Kier alpha value is -4.84. The summed E-state index contributed by atoms with van der Waals surface area (Å²) >= 11 is 0. The van der Waals surface area contributed by atoms with Gasteiger partial charge in [-0.1, -0.05) is 67.1 Å². The molecule has 6 nitrogen and oxygen atoms in total. The first-order valence-corrected chi connectivity index (χ1v) is 13.9. The van der Waals surface area contributed by atoms with Gasteiger partial charge in [0.2, 0.25) is 5.76 Å². The molecule has 4 aromatic carbocycles. The first-order chi connectivity index (χ1) is 20.0. The Morgan fingerprint density at radius 2 is 1.59 bits per heavy atom. The van der Waals surface area contributed by atoms with Crippen LogP contribution in [0.2, 0.25) is 0 Å². The Morgan fingerprint density at radius 3 is 2.32 bits per heavy atom. The molecule has 5 aromatic rings. The second kappa shape index (κ2) is 11.0. The van der Waals surface area contributed by atoms with Gasteiger partial charge in [0.1, 0.15) is 12.2 Å². The number of hydrogen-bond acceptors (Lipinski definition) is 5. The Morgan fingerprint density at radius 1 is 0.805 bits per heavy atom. The van der Waals surface area contributed by atoms with Crippen molar-refractivity contribution in [2.45, 2.75) is 39.8 Å². The third-order valence-corrected chi connectivity index (χ3v) is 7.47. The van der Waals surface area contributed by atoms with E-state index in [1.54, 1.807) is 11.0 Å². The highest BCUT2D eigenvalue weighted by molar-refractivity contribution is 6.10. The van der Waals surface area contributed by atoms with Crippen molar-refractivity contribution in [3.63, 3.8) is 0 Å². The monoisotopic (exact) mass is 545 g/mol. The topological polar surface area (TPSA) is 69.0 Å². The van der Waals surface area contributed by atoms with Gasteiger partial charge in [0.25, 0.3) is 5.91 Å². The van der Waals surface area contributed by atoms with E-state index in [-0.39, 0.29) is 17.1 Å². The van der Waals surface area contributed by atoms with Crippen molar-refractivity contribution in [2.24, 2.45) is 0 Å². The lowest BCUT2D eigenvalue weighted by molar-refractivity contribution is 0.0971. The van der Waals surface area contributed by atoms with Gasteiger partial charge in [-0.2, -0.15) is 0 Å². The lowest BCUT2D eigenvalue weighted by Crippen LogP contribution is -2.29. The molecule has 1 aliphatic heterocycles. The molecule has 6 heteroatoms. The predicted octanol–water partition coefficient (Wildman–Crippen LogP) is 7.39. The maximum Gasteiger partial charge on any atom is 0.295 e. The van der Waals surface area contributed by atoms with E-state index in [0.29, 0.717) is 46.9 Å². The molecule has 0 spiro atoms. The fraction of sp³-hybridized carbons (Fsp3) is 0.200. The zero-order chi connectivity index (χ0) is 28.5. The summed E-state index contributed by atoms with van der Waals surface area (Å²) in [6.07, 6.45) is 0.880. The number of carbonyl (C=O) groups is 1. The van der Waals surface area contributed by atoms with Crippen molar-refractivity contribution in [1.82, 2.24) is 0 Å². The highest BCUT2D eigenvalue weighted by Gasteiger charge is 2.44. The van der Waals surface area contributed by atoms with E-state index >= 15 is 0 Å². The van der Waals surface area contributed by atoms with Crippen LogP contribution in [0.3, 0.4) is 0 Å². The number of aryl methyl sites for hydroxylation is 2. The van der Waals surface area contributed by atoms with Crippen LogP contribution >= 0.6 is 0 Å². The molecule has 0 saturated heterocycles. The number of rotatable bonds is 8. The SMILES string of the molecule is CCOc1cc(C2c3c(oc4ccc(C)cc4c3=O)C(=O)N2c2ccc(CC)cc2)ccc1OCc1ccccc1. The lowest BCUT2D eigenvalue weighted by atomic mass is 9.97. The highest BCUT2D eigenvalue weighted by atomic mass is 16.5. The minimum atomic E-state index is -0.700. The summed E-state index contributed by atoms with van der Waals surface area (Å²) < 4.78 is 18.3. The summed E-state index contributed by atoms with van der Waals surface area (Å²) in [5, 5.41) is 0.456. The standard InChI is InChI=1S/C35H31NO5/c1-4-23-12-15-26(16-13-23)36-32(31-33(37)27-19-22(3)11-17-28(27)41-34(31)35(36)38)25-14-18-29(30(20-25)39-5-2)40-21-24-9-7-6-8-10-24/h6-20,32H,4-5,21H2,1-3H3. The van der Waals surface area contributed by atoms with E-state index in [0.717, 1.165) is 28.7 Å². The first-order valence-electron chi connectivity index (χ1n) is 13.9. The average Bonchev–Trinajstić information content (AvgIpc) is 3.29. The molecule has 1 aliphatic rings. The number of amides is 1. The molecule has 0 aliphatic carbocycles. The quantitative estimate of drug-likeness (QED) is 0.203. The number of ether oxygens (including phenoxy) is 2. The molecule has 1 aromatic heterocycles. The molecule has 0 saturated carbocycles. The van der Waals surface area contributed by atoms with Crippen molar-refractivity contribution in [3.8, 4) is 11.5 Å². The normalized spacial score (nSPS) is 14.4. The van der Waals surface area contributed by atoms with Crippen molar-refractivity contribution in [2.75, 3.05) is 11.5 Å². The maximum atomic E-state index is 14.0. The van der Waals surface area contributed by atoms with Crippen molar-refractivity contribution in [3.05, 3.63) is 135 Å². The van der Waals surface area contributed by atoms with E-state index in [2.05, 4.69) is 6.92 Å². The maximum absolute atomic E-state index is 14.0. The largest absolute Gasteiger partial charge is 0.490 e. The molecule has 0 bridgehead atoms. The zero-order valence-corrected chi connectivity index (χ0v) is 23.3. The lowest BCUT2D eigenvalue weighted by Gasteiger charge is -2.26. The van der Waals surface area contributed by atoms with Crippen LogP contribution < -0.4 is 19.8 Å². The van der Waals surface area contributed by atoms with E-state index in [4.69, 9.17) is 13.9 Å². The van der Waals surface area contributed by atoms with E-state index in [9.17, 15) is 9.59 Å². The molecular formula is C35H31NO5. The molecule has 2 heterocycles. The van der Waals surface area contributed by atoms with Crippen molar-refractivity contribution >= 4 is 22.6 Å². The summed E-state index contributed by atoms with van der Waals surface area (Å²) in [6.45, 7) is 6.74. The molecular weight excluding hydrogens is 514 g/mol. The van der Waals surface area contributed by atoms with Crippen LogP contribution in [0.1, 0.15) is 58.3 Å². The third kappa shape index (κ3) is 4.86. The third-order valence-electron chi connectivity index (χ3n) is 7.47. The second-order valence-corrected chi connectivity index (χ2v) is 10.2. The Bertz CT molecular complexity index is 1790. The summed E-state index contributed by atoms with van der Waals surface area (Å²) in [7, 11) is 0. The smallest absolute Gasteiger partial charge is 0.295 e. The van der Waals surface area contributed by atoms with Crippen LogP contribution in [0.5, 0.6) is 11.5 Å². The Labute approximate surface area is 238 Å². The molecule has 41 heavy (non-hydrogen) atoms. The van der Waals surface area contributed by atoms with Crippen LogP contribution in [0.15, 0.2) is 100 Å². The highest BCUT2D eigenvalue weighted by Crippen LogP contribution is 2.43. The van der Waals surface area contributed by atoms with Gasteiger partial charge in [0.15, 0.2) is 16.9 Å². The van der Waals surface area contributed by atoms with Gasteiger partial charge >= 0.3 is 0 Å². The summed E-state index contributed by atoms with van der Waals surface area (Å²) in [5.74, 6) is 0.850. The number of fused-ring (bicyclic) bond motifs is 2. The fourth-order valence-corrected chi connectivity index (χ4v) is 5.38. The number of hydrogen-bond donors (Lipinski definition) is 0. The van der Waals surface area contributed by atoms with E-state index in [1.165, 1.54) is 0 Å². The molecule has 0 radical (unpaired) electrons. The molecule has 1 amide bonds. The average molecular weight is 546 g/mol. The molecule has 0 fully saturated rings. The first kappa shape index (κ1) is 26.4. The van der Waals surface area contributed by atoms with Gasteiger partial charge in [0.05, 0.1) is 23.6 Å². The number of anilines is 1. The van der Waals surface area contributed by atoms with Gasteiger partial charge in [-0.25, -0.2) is 0 Å². The number of carbonyl (C=O) groups excluding carboxylic acids is 1. The van der Waals surface area contributed by atoms with E-state index < -0.39 is 6.04 Å². The predicted molar refractivity (Wildman–Crippen MR) is 160 cm³/mol. The van der Waals surface area contributed by atoms with Crippen LogP contribution in [-0.2, 0) is 13.0 Å².